The van der Waals surface area contributed by atoms with Crippen molar-refractivity contribution in [3.8, 4) is 0 Å². The lowest BCUT2D eigenvalue weighted by molar-refractivity contribution is -0.118. The first-order valence-corrected chi connectivity index (χ1v) is 10.1. The summed E-state index contributed by atoms with van der Waals surface area (Å²) in [7, 11) is 2.00. The van der Waals surface area contributed by atoms with Gasteiger partial charge in [0.2, 0.25) is 5.91 Å². The molecule has 1 atom stereocenters. The van der Waals surface area contributed by atoms with Crippen molar-refractivity contribution >= 4 is 22.6 Å². The summed E-state index contributed by atoms with van der Waals surface area (Å²) in [4.78, 5) is 18.0. The number of carbonyl (C=O) groups excluding carboxylic acids is 1. The predicted molar refractivity (Wildman–Crippen MR) is 121 cm³/mol. The molecule has 1 aromatic heterocycles. The highest BCUT2D eigenvalue weighted by Crippen LogP contribution is 2.21. The first-order chi connectivity index (χ1) is 14.5. The van der Waals surface area contributed by atoms with Crippen molar-refractivity contribution < 1.29 is 4.79 Å². The number of nitrogens with zero attached hydrogens (tertiary/aromatic N) is 2. The minimum atomic E-state index is -0.495. The van der Waals surface area contributed by atoms with Crippen LogP contribution in [-0.4, -0.2) is 15.5 Å². The fourth-order valence-electron chi connectivity index (χ4n) is 3.63. The highest BCUT2D eigenvalue weighted by molar-refractivity contribution is 5.96. The van der Waals surface area contributed by atoms with Crippen LogP contribution in [0.1, 0.15) is 28.6 Å². The molecule has 1 amide bonds. The van der Waals surface area contributed by atoms with Gasteiger partial charge in [-0.05, 0) is 48.7 Å². The number of rotatable bonds is 6. The number of nitrogens with one attached hydrogen (secondary N) is 2. The van der Waals surface area contributed by atoms with Gasteiger partial charge < -0.3 is 9.88 Å². The Morgan fingerprint density at radius 3 is 2.50 bits per heavy atom. The molecular weight excluding hydrogens is 372 g/mol. The van der Waals surface area contributed by atoms with Gasteiger partial charge in [-0.3, -0.25) is 10.1 Å². The fraction of sp³-hybridized carbons (Fsp3) is 0.200. The molecule has 1 heterocycles. The van der Waals surface area contributed by atoms with Crippen LogP contribution in [0, 0.1) is 13.8 Å². The average Bonchev–Trinajstić information content (AvgIpc) is 3.07. The lowest BCUT2D eigenvalue weighted by atomic mass is 10.1. The summed E-state index contributed by atoms with van der Waals surface area (Å²) in [5, 5.41) is 6.51. The molecule has 0 bridgehead atoms. The number of hydrogen-bond donors (Lipinski definition) is 2. The Morgan fingerprint density at radius 2 is 1.73 bits per heavy atom. The molecule has 0 aliphatic rings. The number of imidazole rings is 1. The van der Waals surface area contributed by atoms with E-state index in [9.17, 15) is 4.79 Å². The fourth-order valence-corrected chi connectivity index (χ4v) is 3.63. The zero-order chi connectivity index (χ0) is 21.1. The molecule has 0 spiro atoms. The van der Waals surface area contributed by atoms with Crippen LogP contribution in [0.5, 0.6) is 0 Å². The zero-order valence-electron chi connectivity index (χ0n) is 17.5. The smallest absolute Gasteiger partial charge is 0.246 e. The molecule has 30 heavy (non-hydrogen) atoms. The topological polar surface area (TPSA) is 59.0 Å². The van der Waals surface area contributed by atoms with Crippen molar-refractivity contribution in [2.45, 2.75) is 26.4 Å². The molecule has 4 aromatic rings. The quantitative estimate of drug-likeness (QED) is 0.497. The van der Waals surface area contributed by atoms with Gasteiger partial charge in [-0.25, -0.2) is 4.98 Å². The van der Waals surface area contributed by atoms with E-state index in [1.807, 2.05) is 93.7 Å². The Morgan fingerprint density at radius 1 is 1.00 bits per heavy atom. The summed E-state index contributed by atoms with van der Waals surface area (Å²) in [6.45, 7) is 4.50. The van der Waals surface area contributed by atoms with E-state index in [2.05, 4.69) is 15.2 Å². The molecule has 0 fully saturated rings. The number of aromatic nitrogens is 2. The van der Waals surface area contributed by atoms with Crippen molar-refractivity contribution in [2.24, 2.45) is 7.05 Å². The summed E-state index contributed by atoms with van der Waals surface area (Å²) >= 11 is 0. The number of amides is 1. The van der Waals surface area contributed by atoms with Crippen LogP contribution in [0.4, 0.5) is 5.69 Å². The highest BCUT2D eigenvalue weighted by atomic mass is 16.2. The molecule has 0 aliphatic carbocycles. The standard InChI is InChI=1S/C25H26N4O/c1-17-13-14-18(2)21(15-17)28-25(30)24(19-9-5-4-6-10-19)26-16-23-27-20-11-7-8-12-22(20)29(23)3/h4-15,24,26H,16H2,1-3H3,(H,28,30)/t24-/m1/s1. The van der Waals surface area contributed by atoms with Crippen molar-refractivity contribution in [1.82, 2.24) is 14.9 Å². The number of carbonyl (C=O) groups is 1. The second-order valence-electron chi connectivity index (χ2n) is 7.61. The van der Waals surface area contributed by atoms with Crippen molar-refractivity contribution in [2.75, 3.05) is 5.32 Å². The van der Waals surface area contributed by atoms with E-state index >= 15 is 0 Å². The monoisotopic (exact) mass is 398 g/mol. The summed E-state index contributed by atoms with van der Waals surface area (Å²) in [6.07, 6.45) is 0. The van der Waals surface area contributed by atoms with Crippen LogP contribution in [0.25, 0.3) is 11.0 Å². The molecule has 3 aromatic carbocycles. The third-order valence-corrected chi connectivity index (χ3v) is 5.39. The lowest BCUT2D eigenvalue weighted by Crippen LogP contribution is -2.33. The molecule has 0 aliphatic heterocycles. The molecule has 0 radical (unpaired) electrons. The van der Waals surface area contributed by atoms with Gasteiger partial charge in [0.1, 0.15) is 11.9 Å². The van der Waals surface area contributed by atoms with Crippen LogP contribution in [-0.2, 0) is 18.4 Å². The van der Waals surface area contributed by atoms with Gasteiger partial charge in [0, 0.05) is 12.7 Å². The van der Waals surface area contributed by atoms with Crippen molar-refractivity contribution in [3.05, 3.63) is 95.3 Å². The summed E-state index contributed by atoms with van der Waals surface area (Å²) < 4.78 is 2.06. The third-order valence-electron chi connectivity index (χ3n) is 5.39. The lowest BCUT2D eigenvalue weighted by Gasteiger charge is -2.20. The first kappa shape index (κ1) is 19.9. The molecule has 0 saturated heterocycles. The largest absolute Gasteiger partial charge is 0.330 e. The van der Waals surface area contributed by atoms with Gasteiger partial charge in [-0.1, -0.05) is 54.6 Å². The molecule has 0 saturated carbocycles. The summed E-state index contributed by atoms with van der Waals surface area (Å²) in [5.41, 5.74) is 5.93. The van der Waals surface area contributed by atoms with E-state index in [-0.39, 0.29) is 5.91 Å². The summed E-state index contributed by atoms with van der Waals surface area (Å²) in [5.74, 6) is 0.797. The molecular formula is C25H26N4O. The van der Waals surface area contributed by atoms with Crippen molar-refractivity contribution in [1.29, 1.82) is 0 Å². The van der Waals surface area contributed by atoms with E-state index in [1.54, 1.807) is 0 Å². The number of para-hydroxylation sites is 2. The van der Waals surface area contributed by atoms with Crippen molar-refractivity contribution in [3.63, 3.8) is 0 Å². The number of aryl methyl sites for hydroxylation is 3. The SMILES string of the molecule is Cc1ccc(C)c(NC(=O)[C@H](NCc2nc3ccccc3n2C)c2ccccc2)c1. The van der Waals surface area contributed by atoms with Crippen LogP contribution < -0.4 is 10.6 Å². The Labute approximate surface area is 176 Å². The molecule has 4 rings (SSSR count). The molecule has 5 heteroatoms. The van der Waals surface area contributed by atoms with Crippen LogP contribution in [0.15, 0.2) is 72.8 Å². The molecule has 152 valence electrons. The van der Waals surface area contributed by atoms with Gasteiger partial charge in [-0.15, -0.1) is 0 Å². The van der Waals surface area contributed by atoms with E-state index in [4.69, 9.17) is 4.98 Å². The van der Waals surface area contributed by atoms with Crippen LogP contribution >= 0.6 is 0 Å². The minimum Gasteiger partial charge on any atom is -0.330 e. The summed E-state index contributed by atoms with van der Waals surface area (Å²) in [6, 6.07) is 23.4. The molecule has 5 nitrogen and oxygen atoms in total. The number of benzene rings is 3. The predicted octanol–water partition coefficient (Wildman–Crippen LogP) is 4.66. The normalized spacial score (nSPS) is 12.1. The number of hydrogen-bond acceptors (Lipinski definition) is 3. The van der Waals surface area contributed by atoms with Gasteiger partial charge >= 0.3 is 0 Å². The van der Waals surface area contributed by atoms with Gasteiger partial charge in [0.05, 0.1) is 17.6 Å². The van der Waals surface area contributed by atoms with Gasteiger partial charge in [0.25, 0.3) is 0 Å². The minimum absolute atomic E-state index is 0.0892. The Kier molecular flexibility index (Phi) is 5.63. The maximum atomic E-state index is 13.3. The maximum Gasteiger partial charge on any atom is 0.246 e. The molecule has 2 N–H and O–H groups in total. The van der Waals surface area contributed by atoms with E-state index in [0.717, 1.165) is 39.2 Å². The molecule has 0 unspecified atom stereocenters. The van der Waals surface area contributed by atoms with E-state index in [1.165, 1.54) is 0 Å². The Balaban J connectivity index is 1.59. The van der Waals surface area contributed by atoms with Gasteiger partial charge in [-0.2, -0.15) is 0 Å². The number of anilines is 1. The Bertz CT molecular complexity index is 1180. The third kappa shape index (κ3) is 4.11. The second kappa shape index (κ2) is 8.51. The number of fused-ring (bicyclic) bond motifs is 1. The first-order valence-electron chi connectivity index (χ1n) is 10.1. The highest BCUT2D eigenvalue weighted by Gasteiger charge is 2.21. The Hall–Kier alpha value is -3.44. The van der Waals surface area contributed by atoms with E-state index in [0.29, 0.717) is 6.54 Å². The van der Waals surface area contributed by atoms with Crippen LogP contribution in [0.2, 0.25) is 0 Å². The zero-order valence-corrected chi connectivity index (χ0v) is 17.5. The van der Waals surface area contributed by atoms with Gasteiger partial charge in [0.15, 0.2) is 0 Å². The maximum absolute atomic E-state index is 13.3. The average molecular weight is 399 g/mol. The van der Waals surface area contributed by atoms with Crippen LogP contribution in [0.3, 0.4) is 0 Å². The van der Waals surface area contributed by atoms with E-state index < -0.39 is 6.04 Å². The second-order valence-corrected chi connectivity index (χ2v) is 7.61.